The number of carbonyl (C=O) groups is 3. The molecule has 2 rings (SSSR count). The molecule has 0 aliphatic rings. The van der Waals surface area contributed by atoms with E-state index in [0.717, 1.165) is 30.7 Å². The van der Waals surface area contributed by atoms with Gasteiger partial charge in [0.2, 0.25) is 0 Å². The Bertz CT molecular complexity index is 834. The molecule has 0 aromatic carbocycles. The summed E-state index contributed by atoms with van der Waals surface area (Å²) in [4.78, 5) is 46.6. The predicted octanol–water partition coefficient (Wildman–Crippen LogP) is 2.49. The molecule has 2 heterocycles. The largest absolute Gasteiger partial charge is 0.453 e. The lowest BCUT2D eigenvalue weighted by atomic mass is 10.1. The summed E-state index contributed by atoms with van der Waals surface area (Å²) in [5.74, 6) is -0.724. The first-order valence-corrected chi connectivity index (χ1v) is 10.8. The molecule has 0 saturated carbocycles. The zero-order valence-corrected chi connectivity index (χ0v) is 18.6. The minimum atomic E-state index is -0.918. The highest BCUT2D eigenvalue weighted by molar-refractivity contribution is 7.17. The standard InChI is InChI=1S/C20H29N5O4S/c1-14(2)6-10-25(19(28)15(3)29-16(4)26)20-23-12-17(30-20)18(27)22-7-5-9-24-11-8-21-13-24/h8,11-15H,5-7,9-10H2,1-4H3,(H,22,27)/t15-/m0/s1. The second-order valence-corrected chi connectivity index (χ2v) is 8.35. The number of imidazole rings is 1. The van der Waals surface area contributed by atoms with Crippen LogP contribution >= 0.6 is 11.3 Å². The van der Waals surface area contributed by atoms with Crippen LogP contribution in [0.4, 0.5) is 5.13 Å². The van der Waals surface area contributed by atoms with Gasteiger partial charge in [-0.2, -0.15) is 0 Å². The Morgan fingerprint density at radius 3 is 2.70 bits per heavy atom. The van der Waals surface area contributed by atoms with E-state index in [-0.39, 0.29) is 11.8 Å². The van der Waals surface area contributed by atoms with Gasteiger partial charge in [-0.05, 0) is 25.7 Å². The summed E-state index contributed by atoms with van der Waals surface area (Å²) in [7, 11) is 0. The summed E-state index contributed by atoms with van der Waals surface area (Å²) >= 11 is 1.15. The highest BCUT2D eigenvalue weighted by Crippen LogP contribution is 2.24. The van der Waals surface area contributed by atoms with Gasteiger partial charge < -0.3 is 14.6 Å². The quantitative estimate of drug-likeness (QED) is 0.429. The van der Waals surface area contributed by atoms with Crippen molar-refractivity contribution in [2.24, 2.45) is 5.92 Å². The summed E-state index contributed by atoms with van der Waals surface area (Å²) < 4.78 is 6.98. The Labute approximate surface area is 180 Å². The number of thiazole rings is 1. The van der Waals surface area contributed by atoms with Crippen LogP contribution in [0.5, 0.6) is 0 Å². The van der Waals surface area contributed by atoms with E-state index in [1.807, 2.05) is 10.8 Å². The minimum absolute atomic E-state index is 0.228. The van der Waals surface area contributed by atoms with Crippen LogP contribution in [0, 0.1) is 5.92 Å². The van der Waals surface area contributed by atoms with Crippen LogP contribution in [0.15, 0.2) is 24.9 Å². The number of carbonyl (C=O) groups excluding carboxylic acids is 3. The number of amides is 2. The predicted molar refractivity (Wildman–Crippen MR) is 114 cm³/mol. The number of aryl methyl sites for hydroxylation is 1. The number of rotatable bonds is 11. The van der Waals surface area contributed by atoms with E-state index >= 15 is 0 Å². The lowest BCUT2D eigenvalue weighted by molar-refractivity contribution is -0.151. The van der Waals surface area contributed by atoms with Gasteiger partial charge in [0.15, 0.2) is 11.2 Å². The summed E-state index contributed by atoms with van der Waals surface area (Å²) in [5.41, 5.74) is 0. The number of nitrogens with one attached hydrogen (secondary N) is 1. The molecule has 0 aliphatic heterocycles. The summed E-state index contributed by atoms with van der Waals surface area (Å²) in [6.07, 6.45) is 7.40. The molecule has 1 atom stereocenters. The molecule has 9 nitrogen and oxygen atoms in total. The molecule has 2 amide bonds. The van der Waals surface area contributed by atoms with Crippen molar-refractivity contribution in [1.82, 2.24) is 19.9 Å². The Balaban J connectivity index is 1.98. The van der Waals surface area contributed by atoms with Crippen molar-refractivity contribution in [3.8, 4) is 0 Å². The smallest absolute Gasteiger partial charge is 0.303 e. The summed E-state index contributed by atoms with van der Waals surface area (Å²) in [6.45, 7) is 8.63. The van der Waals surface area contributed by atoms with E-state index in [1.165, 1.54) is 24.9 Å². The van der Waals surface area contributed by atoms with Crippen LogP contribution in [0.1, 0.15) is 50.2 Å². The molecule has 30 heavy (non-hydrogen) atoms. The van der Waals surface area contributed by atoms with Crippen LogP contribution in [0.3, 0.4) is 0 Å². The van der Waals surface area contributed by atoms with Crippen molar-refractivity contribution in [3.05, 3.63) is 29.8 Å². The Kier molecular flexibility index (Phi) is 8.97. The van der Waals surface area contributed by atoms with E-state index in [1.54, 1.807) is 12.5 Å². The maximum atomic E-state index is 12.8. The molecule has 1 N–H and O–H groups in total. The van der Waals surface area contributed by atoms with Gasteiger partial charge in [0.05, 0.1) is 12.5 Å². The van der Waals surface area contributed by atoms with Crippen LogP contribution in [0.2, 0.25) is 0 Å². The molecule has 2 aromatic rings. The van der Waals surface area contributed by atoms with Crippen molar-refractivity contribution in [3.63, 3.8) is 0 Å². The molecule has 0 spiro atoms. The Hall–Kier alpha value is -2.75. The molecule has 0 radical (unpaired) electrons. The van der Waals surface area contributed by atoms with Gasteiger partial charge in [-0.15, -0.1) is 0 Å². The Morgan fingerprint density at radius 2 is 2.07 bits per heavy atom. The van der Waals surface area contributed by atoms with Crippen LogP contribution in [-0.2, 0) is 20.9 Å². The molecule has 10 heteroatoms. The lowest BCUT2D eigenvalue weighted by Gasteiger charge is -2.23. The molecule has 0 bridgehead atoms. The number of hydrogen-bond acceptors (Lipinski definition) is 7. The number of hydrogen-bond donors (Lipinski definition) is 1. The van der Waals surface area contributed by atoms with Crippen LogP contribution < -0.4 is 10.2 Å². The van der Waals surface area contributed by atoms with Gasteiger partial charge in [-0.3, -0.25) is 19.3 Å². The number of ether oxygens (including phenoxy) is 1. The third kappa shape index (κ3) is 7.25. The summed E-state index contributed by atoms with van der Waals surface area (Å²) in [6, 6.07) is 0. The fourth-order valence-electron chi connectivity index (χ4n) is 2.67. The van der Waals surface area contributed by atoms with Gasteiger partial charge in [-0.25, -0.2) is 9.97 Å². The topological polar surface area (TPSA) is 106 Å². The normalized spacial score (nSPS) is 11.9. The molecular formula is C20H29N5O4S. The van der Waals surface area contributed by atoms with E-state index in [9.17, 15) is 14.4 Å². The van der Waals surface area contributed by atoms with Crippen molar-refractivity contribution in [2.45, 2.75) is 53.2 Å². The van der Waals surface area contributed by atoms with E-state index in [0.29, 0.717) is 29.0 Å². The van der Waals surface area contributed by atoms with Gasteiger partial charge in [0.25, 0.3) is 11.8 Å². The maximum absolute atomic E-state index is 12.8. The van der Waals surface area contributed by atoms with Crippen LogP contribution in [0.25, 0.3) is 0 Å². The first kappa shape index (κ1) is 23.5. The Morgan fingerprint density at radius 1 is 1.30 bits per heavy atom. The minimum Gasteiger partial charge on any atom is -0.453 e. The number of aromatic nitrogens is 3. The fraction of sp³-hybridized carbons (Fsp3) is 0.550. The van der Waals surface area contributed by atoms with E-state index in [2.05, 4.69) is 29.1 Å². The maximum Gasteiger partial charge on any atom is 0.303 e. The third-order valence-corrected chi connectivity index (χ3v) is 5.29. The second kappa shape index (κ2) is 11.4. The van der Waals surface area contributed by atoms with Gasteiger partial charge in [0.1, 0.15) is 4.88 Å². The SMILES string of the molecule is CC(=O)O[C@@H](C)C(=O)N(CCC(C)C)c1ncc(C(=O)NCCCn2ccnc2)s1. The zero-order valence-electron chi connectivity index (χ0n) is 17.8. The average Bonchev–Trinajstić information content (AvgIpc) is 3.36. The first-order chi connectivity index (χ1) is 14.3. The highest BCUT2D eigenvalue weighted by Gasteiger charge is 2.27. The monoisotopic (exact) mass is 435 g/mol. The van der Waals surface area contributed by atoms with Crippen molar-refractivity contribution >= 4 is 34.3 Å². The zero-order chi connectivity index (χ0) is 22.1. The van der Waals surface area contributed by atoms with Crippen molar-refractivity contribution in [2.75, 3.05) is 18.0 Å². The highest BCUT2D eigenvalue weighted by atomic mass is 32.1. The van der Waals surface area contributed by atoms with Gasteiger partial charge in [-0.1, -0.05) is 25.2 Å². The van der Waals surface area contributed by atoms with Crippen LogP contribution in [-0.4, -0.2) is 51.5 Å². The van der Waals surface area contributed by atoms with Crippen molar-refractivity contribution in [1.29, 1.82) is 0 Å². The molecule has 164 valence electrons. The number of nitrogens with zero attached hydrogens (tertiary/aromatic N) is 4. The molecular weight excluding hydrogens is 406 g/mol. The third-order valence-electron chi connectivity index (χ3n) is 4.27. The fourth-order valence-corrected chi connectivity index (χ4v) is 3.53. The molecule has 0 saturated heterocycles. The number of esters is 1. The molecule has 0 fully saturated rings. The molecule has 0 aliphatic carbocycles. The average molecular weight is 436 g/mol. The summed E-state index contributed by atoms with van der Waals surface area (Å²) in [5, 5.41) is 3.29. The lowest BCUT2D eigenvalue weighted by Crippen LogP contribution is -2.40. The molecule has 0 unspecified atom stereocenters. The first-order valence-electron chi connectivity index (χ1n) is 9.96. The van der Waals surface area contributed by atoms with Gasteiger partial charge >= 0.3 is 5.97 Å². The van der Waals surface area contributed by atoms with Gasteiger partial charge in [0, 0.05) is 39.0 Å². The van der Waals surface area contributed by atoms with E-state index in [4.69, 9.17) is 4.74 Å². The molecule has 2 aromatic heterocycles. The van der Waals surface area contributed by atoms with E-state index < -0.39 is 12.1 Å². The number of anilines is 1. The second-order valence-electron chi connectivity index (χ2n) is 7.34. The van der Waals surface area contributed by atoms with Crippen molar-refractivity contribution < 1.29 is 19.1 Å².